The summed E-state index contributed by atoms with van der Waals surface area (Å²) in [5.41, 5.74) is 10.4. The molecule has 0 saturated heterocycles. The summed E-state index contributed by atoms with van der Waals surface area (Å²) in [6, 6.07) is 6.49. The van der Waals surface area contributed by atoms with Gasteiger partial charge in [-0.2, -0.15) is 0 Å². The second-order valence-electron chi connectivity index (χ2n) is 8.21. The van der Waals surface area contributed by atoms with Crippen molar-refractivity contribution in [3.8, 4) is 0 Å². The summed E-state index contributed by atoms with van der Waals surface area (Å²) in [4.78, 5) is 53.9. The zero-order valence-electron chi connectivity index (χ0n) is 20.1. The number of thiazole rings is 1. The van der Waals surface area contributed by atoms with E-state index in [1.54, 1.807) is 24.3 Å². The molecule has 0 aliphatic carbocycles. The molecule has 14 heteroatoms. The number of aliphatic carboxylic acids is 1. The largest absolute Gasteiger partial charge is 0.481 e. The van der Waals surface area contributed by atoms with E-state index < -0.39 is 48.6 Å². The number of esters is 1. The normalized spacial score (nSPS) is 12.1. The van der Waals surface area contributed by atoms with Crippen LogP contribution in [-0.4, -0.2) is 59.2 Å². The van der Waals surface area contributed by atoms with Gasteiger partial charge < -0.3 is 31.9 Å². The van der Waals surface area contributed by atoms with Crippen molar-refractivity contribution >= 4 is 46.8 Å². The third kappa shape index (κ3) is 8.68. The molecule has 1 atom stereocenters. The Kier molecular flexibility index (Phi) is 10.2. The molecule has 0 bridgehead atoms. The van der Waals surface area contributed by atoms with Gasteiger partial charge in [0.05, 0.1) is 36.9 Å². The molecule has 198 valence electrons. The predicted octanol–water partition coefficient (Wildman–Crippen LogP) is 0.101. The fourth-order valence-electron chi connectivity index (χ4n) is 3.55. The Bertz CT molecular complexity index is 1200. The number of carboxylic acid groups (broad SMARTS) is 1. The Hall–Kier alpha value is -4.33. The van der Waals surface area contributed by atoms with E-state index in [0.717, 1.165) is 18.4 Å². The molecule has 1 aromatic carbocycles. The van der Waals surface area contributed by atoms with Crippen LogP contribution in [0.3, 0.4) is 0 Å². The highest BCUT2D eigenvalue weighted by molar-refractivity contribution is 7.13. The zero-order chi connectivity index (χ0) is 27.6. The lowest BCUT2D eigenvalue weighted by Crippen LogP contribution is -2.47. The first-order valence-electron chi connectivity index (χ1n) is 11.0. The van der Waals surface area contributed by atoms with Crippen LogP contribution in [0.1, 0.15) is 40.3 Å². The number of benzene rings is 1. The van der Waals surface area contributed by atoms with Gasteiger partial charge >= 0.3 is 11.9 Å². The summed E-state index contributed by atoms with van der Waals surface area (Å²) >= 11 is 1.14. The van der Waals surface area contributed by atoms with E-state index >= 15 is 0 Å². The van der Waals surface area contributed by atoms with E-state index in [4.69, 9.17) is 27.0 Å². The molecule has 1 heterocycles. The minimum absolute atomic E-state index is 0.0524. The minimum atomic E-state index is -1.55. The first kappa shape index (κ1) is 28.9. The van der Waals surface area contributed by atoms with Gasteiger partial charge in [-0.05, 0) is 24.5 Å². The molecule has 0 fully saturated rings. The van der Waals surface area contributed by atoms with Crippen molar-refractivity contribution in [1.29, 1.82) is 10.8 Å². The van der Waals surface area contributed by atoms with Gasteiger partial charge in [0.2, 0.25) is 11.8 Å². The summed E-state index contributed by atoms with van der Waals surface area (Å²) in [5.74, 6) is -3.46. The van der Waals surface area contributed by atoms with Gasteiger partial charge in [-0.15, -0.1) is 11.3 Å². The van der Waals surface area contributed by atoms with Crippen LogP contribution in [0.4, 0.5) is 0 Å². The van der Waals surface area contributed by atoms with Crippen LogP contribution in [-0.2, 0) is 36.9 Å². The van der Waals surface area contributed by atoms with E-state index in [0.29, 0.717) is 21.0 Å². The first-order valence-corrected chi connectivity index (χ1v) is 11.8. The molecule has 0 unspecified atom stereocenters. The third-order valence-electron chi connectivity index (χ3n) is 5.46. The van der Waals surface area contributed by atoms with E-state index in [9.17, 15) is 24.3 Å². The third-order valence-corrected chi connectivity index (χ3v) is 6.49. The number of nitrogens with two attached hydrogens (primary N) is 2. The molecule has 0 radical (unpaired) electrons. The summed E-state index contributed by atoms with van der Waals surface area (Å²) < 4.78 is 4.76. The van der Waals surface area contributed by atoms with Crippen LogP contribution in [0.15, 0.2) is 30.5 Å². The number of nitrogens with one attached hydrogen (secondary N) is 4. The Labute approximate surface area is 216 Å². The van der Waals surface area contributed by atoms with Gasteiger partial charge in [0.15, 0.2) is 0 Å². The summed E-state index contributed by atoms with van der Waals surface area (Å²) in [7, 11) is 1.15. The number of nitrogens with zero attached hydrogens (tertiary/aromatic N) is 1. The number of carboxylic acids is 1. The van der Waals surface area contributed by atoms with Crippen molar-refractivity contribution in [3.63, 3.8) is 0 Å². The molecule has 0 aliphatic rings. The second kappa shape index (κ2) is 13.1. The number of hydrogen-bond donors (Lipinski definition) is 7. The fraction of sp³-hybridized carbons (Fsp3) is 0.348. The molecular weight excluding hydrogens is 502 g/mol. The lowest BCUT2D eigenvalue weighted by atomic mass is 9.74. The number of aromatic nitrogens is 1. The van der Waals surface area contributed by atoms with Crippen molar-refractivity contribution in [2.75, 3.05) is 13.7 Å². The van der Waals surface area contributed by atoms with Crippen LogP contribution < -0.4 is 22.1 Å². The minimum Gasteiger partial charge on any atom is -0.481 e. The number of carbonyl (C=O) groups excluding carboxylic acids is 3. The molecule has 37 heavy (non-hydrogen) atoms. The van der Waals surface area contributed by atoms with Crippen molar-refractivity contribution in [1.82, 2.24) is 15.6 Å². The van der Waals surface area contributed by atoms with Crippen molar-refractivity contribution in [2.45, 2.75) is 32.2 Å². The Balaban J connectivity index is 2.21. The van der Waals surface area contributed by atoms with Gasteiger partial charge in [-0.25, -0.2) is 4.98 Å². The molecule has 0 aliphatic heterocycles. The number of hydrogen-bond acceptors (Lipinski definition) is 9. The highest BCUT2D eigenvalue weighted by atomic mass is 32.1. The molecular formula is C23H29N7O6S. The van der Waals surface area contributed by atoms with E-state index in [1.165, 1.54) is 6.20 Å². The number of amidine groups is 2. The standard InChI is InChI=1S/C23H29N7O6S/c1-36-19(34)9-23(6-5-18(32)33,8-13-3-2-4-14(7-13)20(24)25)22(35)30-11-16(31)28-12-17-29-10-15(37-17)21(26)27/h2-4,7,10H,5-6,8-9,11-12H2,1H3,(H3,24,25)(H3,26,27)(H,28,31)(H,30,35)(H,32,33)/t23-/m0/s1. The molecule has 2 rings (SSSR count). The lowest BCUT2D eigenvalue weighted by Gasteiger charge is -2.31. The van der Waals surface area contributed by atoms with Crippen LogP contribution >= 0.6 is 11.3 Å². The molecule has 1 aromatic heterocycles. The van der Waals surface area contributed by atoms with Gasteiger partial charge in [0.25, 0.3) is 0 Å². The van der Waals surface area contributed by atoms with Gasteiger partial charge in [0, 0.05) is 18.2 Å². The van der Waals surface area contributed by atoms with Crippen molar-refractivity contribution in [2.24, 2.45) is 16.9 Å². The van der Waals surface area contributed by atoms with Crippen LogP contribution in [0, 0.1) is 16.2 Å². The smallest absolute Gasteiger partial charge is 0.306 e. The zero-order valence-corrected chi connectivity index (χ0v) is 20.9. The number of nitrogen functional groups attached to an aromatic ring is 2. The summed E-state index contributed by atoms with van der Waals surface area (Å²) in [6.07, 6.45) is 0.313. The summed E-state index contributed by atoms with van der Waals surface area (Å²) in [6.45, 7) is -0.385. The maximum absolute atomic E-state index is 13.4. The average molecular weight is 532 g/mol. The van der Waals surface area contributed by atoms with E-state index in [1.807, 2.05) is 0 Å². The summed E-state index contributed by atoms with van der Waals surface area (Å²) in [5, 5.41) is 29.9. The van der Waals surface area contributed by atoms with Crippen molar-refractivity contribution < 1.29 is 29.0 Å². The predicted molar refractivity (Wildman–Crippen MR) is 135 cm³/mol. The molecule has 2 aromatic rings. The van der Waals surface area contributed by atoms with E-state index in [-0.39, 0.29) is 31.1 Å². The quantitative estimate of drug-likeness (QED) is 0.0993. The maximum atomic E-state index is 13.4. The molecule has 13 nitrogen and oxygen atoms in total. The number of methoxy groups -OCH3 is 1. The first-order chi connectivity index (χ1) is 17.5. The number of carbonyl (C=O) groups is 4. The van der Waals surface area contributed by atoms with Gasteiger partial charge in [-0.3, -0.25) is 30.0 Å². The number of rotatable bonds is 14. The topological polar surface area (TPSA) is 234 Å². The SMILES string of the molecule is COC(=O)C[C@](CCC(=O)O)(Cc1cccc(C(=N)N)c1)C(=O)NCC(=O)NCc1ncc(C(=N)N)s1. The molecule has 2 amide bonds. The van der Waals surface area contributed by atoms with Crippen molar-refractivity contribution in [3.05, 3.63) is 51.5 Å². The molecule has 0 saturated carbocycles. The van der Waals surface area contributed by atoms with Gasteiger partial charge in [-0.1, -0.05) is 18.2 Å². The molecule has 0 spiro atoms. The monoisotopic (exact) mass is 531 g/mol. The highest BCUT2D eigenvalue weighted by Gasteiger charge is 2.41. The van der Waals surface area contributed by atoms with Gasteiger partial charge in [0.1, 0.15) is 16.7 Å². The Morgan fingerprint density at radius 3 is 2.49 bits per heavy atom. The highest BCUT2D eigenvalue weighted by Crippen LogP contribution is 2.34. The maximum Gasteiger partial charge on any atom is 0.306 e. The van der Waals surface area contributed by atoms with Crippen LogP contribution in [0.5, 0.6) is 0 Å². The Morgan fingerprint density at radius 1 is 1.16 bits per heavy atom. The fourth-order valence-corrected chi connectivity index (χ4v) is 4.27. The lowest BCUT2D eigenvalue weighted by molar-refractivity contribution is -0.150. The Morgan fingerprint density at radius 2 is 1.89 bits per heavy atom. The van der Waals surface area contributed by atoms with Crippen LogP contribution in [0.2, 0.25) is 0 Å². The van der Waals surface area contributed by atoms with E-state index in [2.05, 4.69) is 15.6 Å². The molecule has 9 N–H and O–H groups in total. The second-order valence-corrected chi connectivity index (χ2v) is 9.32. The number of ether oxygens (including phenoxy) is 1. The average Bonchev–Trinajstić information content (AvgIpc) is 3.34. The number of amides is 2. The van der Waals surface area contributed by atoms with Crippen LogP contribution in [0.25, 0.3) is 0 Å².